The molecule has 2 aliphatic heterocycles. The molecule has 0 atom stereocenters. The van der Waals surface area contributed by atoms with Gasteiger partial charge in [-0.15, -0.1) is 0 Å². The maximum atomic E-state index is 14.6. The Labute approximate surface area is 365 Å². The zero-order valence-corrected chi connectivity index (χ0v) is 36.3. The van der Waals surface area contributed by atoms with Crippen LogP contribution < -0.4 is 19.4 Å². The van der Waals surface area contributed by atoms with E-state index in [1.165, 1.54) is 53.2 Å². The number of nitro groups is 1. The molecule has 0 unspecified atom stereocenters. The number of halogens is 1. The minimum absolute atomic E-state index is 0.0520. The Morgan fingerprint density at radius 2 is 1.82 bits per heavy atom. The molecule has 0 radical (unpaired) electrons. The molecule has 3 aromatic carbocycles. The van der Waals surface area contributed by atoms with Crippen molar-refractivity contribution < 1.29 is 27.6 Å². The molecule has 2 aromatic heterocycles. The van der Waals surface area contributed by atoms with Gasteiger partial charge in [0.25, 0.3) is 21.6 Å². The molecule has 62 heavy (non-hydrogen) atoms. The number of piperazine rings is 1. The van der Waals surface area contributed by atoms with E-state index in [1.807, 2.05) is 12.1 Å². The largest absolute Gasteiger partial charge is 0.627 e. The molecule has 17 heteroatoms. The molecule has 8 rings (SSSR count). The number of sulfonamides is 1. The number of nitrogens with one attached hydrogen (secondary N) is 3. The maximum Gasteiger partial charge on any atom is 0.293 e. The molecule has 3 N–H and O–H groups in total. The first-order chi connectivity index (χ1) is 29.6. The average molecular weight is 884 g/mol. The van der Waals surface area contributed by atoms with E-state index >= 15 is 0 Å². The van der Waals surface area contributed by atoms with E-state index in [-0.39, 0.29) is 47.2 Å². The summed E-state index contributed by atoms with van der Waals surface area (Å²) in [5.74, 6) is -0.587. The van der Waals surface area contributed by atoms with Crippen LogP contribution in [0.25, 0.3) is 16.6 Å². The van der Waals surface area contributed by atoms with Crippen molar-refractivity contribution in [1.29, 1.82) is 0 Å². The van der Waals surface area contributed by atoms with E-state index in [0.29, 0.717) is 49.2 Å². The second-order valence-corrected chi connectivity index (χ2v) is 19.3. The number of hydroxylamine groups is 2. The zero-order chi connectivity index (χ0) is 43.6. The fourth-order valence-corrected chi connectivity index (χ4v) is 9.65. The molecule has 1 aliphatic carbocycles. The van der Waals surface area contributed by atoms with Gasteiger partial charge in [-0.1, -0.05) is 43.2 Å². The SMILES string of the molecule is CC1(C)CCC(CN2CC[N+]([O-])(c3ccc(C(=O)NS(=O)(=O)c4ccc(NCC5CCOCC5)c([N+](=O)[O-])c4)c(Oc4cnc5[nH]ccc5c4)c3)CC2)=C(c2ccc(Cl)cc2)C1. The average Bonchev–Trinajstić information content (AvgIpc) is 3.73. The highest BCUT2D eigenvalue weighted by Crippen LogP contribution is 2.44. The van der Waals surface area contributed by atoms with Crippen LogP contribution in [0.5, 0.6) is 11.5 Å². The number of anilines is 1. The summed E-state index contributed by atoms with van der Waals surface area (Å²) >= 11 is 6.22. The number of ether oxygens (including phenoxy) is 2. The normalized spacial score (nSPS) is 18.4. The first-order valence-electron chi connectivity index (χ1n) is 20.8. The monoisotopic (exact) mass is 883 g/mol. The van der Waals surface area contributed by atoms with E-state index in [2.05, 4.69) is 50.9 Å². The molecule has 3 aliphatic rings. The Hall–Kier alpha value is -5.36. The molecule has 4 heterocycles. The quantitative estimate of drug-likeness (QED) is 0.0444. The smallest absolute Gasteiger partial charge is 0.293 e. The number of nitro benzene ring substituents is 1. The van der Waals surface area contributed by atoms with Crippen molar-refractivity contribution in [3.05, 3.63) is 122 Å². The van der Waals surface area contributed by atoms with Crippen LogP contribution in [0.2, 0.25) is 5.02 Å². The number of fused-ring (bicyclic) bond motifs is 1. The van der Waals surface area contributed by atoms with Gasteiger partial charge in [0.2, 0.25) is 0 Å². The van der Waals surface area contributed by atoms with Crippen LogP contribution >= 0.6 is 11.6 Å². The van der Waals surface area contributed by atoms with E-state index in [0.717, 1.165) is 50.1 Å². The number of carbonyl (C=O) groups excluding carboxylic acids is 1. The molecular formula is C45H50ClN7O8S. The van der Waals surface area contributed by atoms with Crippen LogP contribution in [0, 0.1) is 26.7 Å². The second kappa shape index (κ2) is 17.8. The molecule has 1 amide bonds. The summed E-state index contributed by atoms with van der Waals surface area (Å²) in [4.78, 5) is 34.6. The van der Waals surface area contributed by atoms with Crippen molar-refractivity contribution in [1.82, 2.24) is 24.2 Å². The zero-order valence-electron chi connectivity index (χ0n) is 34.7. The van der Waals surface area contributed by atoms with Gasteiger partial charge in [-0.2, -0.15) is 0 Å². The third kappa shape index (κ3) is 9.80. The molecule has 0 spiro atoms. The number of carbonyl (C=O) groups is 1. The molecule has 326 valence electrons. The number of hydrogen-bond acceptors (Lipinski definition) is 11. The number of pyridine rings is 1. The van der Waals surface area contributed by atoms with Crippen LogP contribution in [0.3, 0.4) is 0 Å². The standard InChI is InChI=1S/C45H50ClN7O8S/c1-45(2)15-11-33(39(26-45)31-3-5-34(46)6-4-31)29-51-17-19-53(57,20-18-51)35-7-9-38(42(24-35)61-36-23-32-12-16-47-43(32)49-28-36)44(54)50-62(58,59)37-8-10-40(41(25-37)52(55)56)48-27-30-13-21-60-22-14-30/h3-10,12,16,23-25,28,30,48H,11,13-15,17-22,26-27,29H2,1-2H3,(H,47,49)(H,50,54). The Balaban J connectivity index is 1.02. The first kappa shape index (κ1) is 43.3. The Morgan fingerprint density at radius 1 is 1.06 bits per heavy atom. The minimum atomic E-state index is -4.62. The number of amides is 1. The van der Waals surface area contributed by atoms with Gasteiger partial charge in [-0.05, 0) is 97.0 Å². The predicted octanol–water partition coefficient (Wildman–Crippen LogP) is 8.66. The number of nitrogens with zero attached hydrogens (tertiary/aromatic N) is 4. The molecule has 15 nitrogen and oxygen atoms in total. The van der Waals surface area contributed by atoms with E-state index in [9.17, 15) is 28.5 Å². The Kier molecular flexibility index (Phi) is 12.4. The van der Waals surface area contributed by atoms with Gasteiger partial charge in [0, 0.05) is 74.2 Å². The lowest BCUT2D eigenvalue weighted by Gasteiger charge is -2.48. The van der Waals surface area contributed by atoms with Crippen molar-refractivity contribution in [3.63, 3.8) is 0 Å². The summed E-state index contributed by atoms with van der Waals surface area (Å²) in [5.41, 5.74) is 4.57. The lowest BCUT2D eigenvalue weighted by atomic mass is 9.72. The number of H-pyrrole nitrogens is 1. The fourth-order valence-electron chi connectivity index (χ4n) is 8.54. The van der Waals surface area contributed by atoms with Crippen molar-refractivity contribution >= 4 is 61.2 Å². The molecule has 2 fully saturated rings. The van der Waals surface area contributed by atoms with Crippen molar-refractivity contribution in [2.75, 3.05) is 57.8 Å². The fraction of sp³-hybridized carbons (Fsp3) is 0.378. The van der Waals surface area contributed by atoms with Crippen LogP contribution in [-0.2, 0) is 14.8 Å². The second-order valence-electron chi connectivity index (χ2n) is 17.2. The van der Waals surface area contributed by atoms with E-state index < -0.39 is 36.1 Å². The number of aromatic nitrogens is 2. The van der Waals surface area contributed by atoms with Gasteiger partial charge in [0.15, 0.2) is 0 Å². The number of allylic oxidation sites excluding steroid dienone is 1. The van der Waals surface area contributed by atoms with Crippen molar-refractivity contribution in [2.24, 2.45) is 11.3 Å². The van der Waals surface area contributed by atoms with Crippen molar-refractivity contribution in [3.8, 4) is 11.5 Å². The maximum absolute atomic E-state index is 14.6. The summed E-state index contributed by atoms with van der Waals surface area (Å²) in [6.45, 7) is 8.58. The summed E-state index contributed by atoms with van der Waals surface area (Å²) in [6, 6.07) is 19.4. The first-order valence-corrected chi connectivity index (χ1v) is 22.7. The van der Waals surface area contributed by atoms with Gasteiger partial charge in [-0.25, -0.2) is 18.1 Å². The predicted molar refractivity (Wildman–Crippen MR) is 240 cm³/mol. The van der Waals surface area contributed by atoms with Gasteiger partial charge in [-0.3, -0.25) is 19.8 Å². The molecule has 0 saturated carbocycles. The highest BCUT2D eigenvalue weighted by atomic mass is 35.5. The summed E-state index contributed by atoms with van der Waals surface area (Å²) in [6.07, 6.45) is 7.80. The van der Waals surface area contributed by atoms with Crippen LogP contribution in [0.1, 0.15) is 61.9 Å². The van der Waals surface area contributed by atoms with Gasteiger partial charge in [0.1, 0.15) is 28.5 Å². The topological polar surface area (TPSA) is 192 Å². The van der Waals surface area contributed by atoms with Gasteiger partial charge >= 0.3 is 0 Å². The number of benzene rings is 3. The molecule has 5 aromatic rings. The van der Waals surface area contributed by atoms with E-state index in [4.69, 9.17) is 21.1 Å². The van der Waals surface area contributed by atoms with Crippen molar-refractivity contribution in [2.45, 2.75) is 50.8 Å². The summed E-state index contributed by atoms with van der Waals surface area (Å²) in [5, 5.41) is 31.2. The number of hydrogen-bond donors (Lipinski definition) is 3. The van der Waals surface area contributed by atoms with Crippen LogP contribution in [0.15, 0.2) is 95.7 Å². The van der Waals surface area contributed by atoms with Crippen LogP contribution in [-0.4, -0.2) is 86.6 Å². The number of rotatable bonds is 13. The third-order valence-corrected chi connectivity index (χ3v) is 13.8. The number of aromatic amines is 1. The summed E-state index contributed by atoms with van der Waals surface area (Å²) in [7, 11) is -4.62. The Bertz CT molecular complexity index is 2620. The van der Waals surface area contributed by atoms with Gasteiger partial charge < -0.3 is 29.6 Å². The lowest BCUT2D eigenvalue weighted by molar-refractivity contribution is -0.384. The van der Waals surface area contributed by atoms with Crippen LogP contribution in [0.4, 0.5) is 17.1 Å². The summed E-state index contributed by atoms with van der Waals surface area (Å²) < 4.78 is 40.3. The third-order valence-electron chi connectivity index (χ3n) is 12.3. The Morgan fingerprint density at radius 3 is 2.56 bits per heavy atom. The van der Waals surface area contributed by atoms with E-state index in [1.54, 1.807) is 18.3 Å². The number of quaternary nitrogens is 1. The molecule has 2 saturated heterocycles. The highest BCUT2D eigenvalue weighted by Gasteiger charge is 2.33. The minimum Gasteiger partial charge on any atom is -0.627 e. The lowest BCUT2D eigenvalue weighted by Crippen LogP contribution is -2.57. The van der Waals surface area contributed by atoms with Gasteiger partial charge in [0.05, 0.1) is 34.7 Å². The molecular weight excluding hydrogens is 834 g/mol. The molecule has 0 bridgehead atoms. The highest BCUT2D eigenvalue weighted by molar-refractivity contribution is 7.90.